The maximum absolute atomic E-state index is 12.1. The van der Waals surface area contributed by atoms with Crippen LogP contribution in [0.4, 0.5) is 5.69 Å². The van der Waals surface area contributed by atoms with E-state index in [1.54, 1.807) is 0 Å². The standard InChI is InChI=1S/C19H21N3O/c1-13-7-6-10-22-12-16(21-17(13)22)14-8-5-9-15(11-14)20-18(23)19(2,3)4/h5-12H,1-4H3,(H,20,23). The number of hydrogen-bond donors (Lipinski definition) is 1. The number of fused-ring (bicyclic) bond motifs is 1. The molecule has 0 spiro atoms. The van der Waals surface area contributed by atoms with Gasteiger partial charge in [0.05, 0.1) is 5.69 Å². The Hall–Kier alpha value is -2.62. The number of anilines is 1. The van der Waals surface area contributed by atoms with Gasteiger partial charge in [-0.1, -0.05) is 39.0 Å². The smallest absolute Gasteiger partial charge is 0.229 e. The van der Waals surface area contributed by atoms with Gasteiger partial charge < -0.3 is 9.72 Å². The van der Waals surface area contributed by atoms with Crippen LogP contribution in [0.15, 0.2) is 48.8 Å². The van der Waals surface area contributed by atoms with Gasteiger partial charge in [-0.3, -0.25) is 4.79 Å². The average molecular weight is 307 g/mol. The van der Waals surface area contributed by atoms with Crippen molar-refractivity contribution in [2.45, 2.75) is 27.7 Å². The van der Waals surface area contributed by atoms with Crippen molar-refractivity contribution in [1.29, 1.82) is 0 Å². The van der Waals surface area contributed by atoms with Crippen LogP contribution in [0.2, 0.25) is 0 Å². The summed E-state index contributed by atoms with van der Waals surface area (Å²) in [6, 6.07) is 11.9. The Morgan fingerprint density at radius 3 is 2.65 bits per heavy atom. The summed E-state index contributed by atoms with van der Waals surface area (Å²) in [5.41, 5.74) is 4.33. The highest BCUT2D eigenvalue weighted by molar-refractivity contribution is 5.95. The van der Waals surface area contributed by atoms with Crippen molar-refractivity contribution in [3.8, 4) is 11.3 Å². The molecule has 0 fully saturated rings. The molecule has 2 heterocycles. The highest BCUT2D eigenvalue weighted by Crippen LogP contribution is 2.24. The van der Waals surface area contributed by atoms with Gasteiger partial charge in [-0.15, -0.1) is 0 Å². The molecule has 0 aliphatic rings. The topological polar surface area (TPSA) is 46.4 Å². The zero-order valence-corrected chi connectivity index (χ0v) is 13.9. The molecule has 118 valence electrons. The van der Waals surface area contributed by atoms with E-state index < -0.39 is 5.41 Å². The minimum absolute atomic E-state index is 0.000459. The maximum atomic E-state index is 12.1. The lowest BCUT2D eigenvalue weighted by atomic mass is 9.95. The number of rotatable bonds is 2. The predicted octanol–water partition coefficient (Wildman–Crippen LogP) is 4.29. The van der Waals surface area contributed by atoms with Crippen LogP contribution in [-0.2, 0) is 4.79 Å². The Labute approximate surface area is 136 Å². The third-order valence-electron chi connectivity index (χ3n) is 3.78. The van der Waals surface area contributed by atoms with Crippen molar-refractivity contribution in [2.75, 3.05) is 5.32 Å². The minimum atomic E-state index is -0.420. The summed E-state index contributed by atoms with van der Waals surface area (Å²) in [4.78, 5) is 16.8. The van der Waals surface area contributed by atoms with Gasteiger partial charge in [0.2, 0.25) is 5.91 Å². The normalized spacial score (nSPS) is 11.7. The predicted molar refractivity (Wildman–Crippen MR) is 93.4 cm³/mol. The number of pyridine rings is 1. The molecule has 1 amide bonds. The van der Waals surface area contributed by atoms with Crippen LogP contribution in [0, 0.1) is 12.3 Å². The molecule has 4 heteroatoms. The SMILES string of the molecule is Cc1cccn2cc(-c3cccc(NC(=O)C(C)(C)C)c3)nc12. The zero-order valence-electron chi connectivity index (χ0n) is 13.9. The van der Waals surface area contributed by atoms with Crippen LogP contribution < -0.4 is 5.32 Å². The van der Waals surface area contributed by atoms with Crippen molar-refractivity contribution in [2.24, 2.45) is 5.41 Å². The average Bonchev–Trinajstić information content (AvgIpc) is 2.92. The molecule has 0 aliphatic carbocycles. The van der Waals surface area contributed by atoms with E-state index in [9.17, 15) is 4.79 Å². The first-order valence-corrected chi connectivity index (χ1v) is 7.71. The van der Waals surface area contributed by atoms with Gasteiger partial charge in [0.1, 0.15) is 5.65 Å². The van der Waals surface area contributed by atoms with E-state index in [0.29, 0.717) is 0 Å². The molecule has 2 aromatic heterocycles. The maximum Gasteiger partial charge on any atom is 0.229 e. The number of nitrogens with zero attached hydrogens (tertiary/aromatic N) is 2. The van der Waals surface area contributed by atoms with Crippen molar-refractivity contribution in [3.63, 3.8) is 0 Å². The lowest BCUT2D eigenvalue weighted by molar-refractivity contribution is -0.123. The van der Waals surface area contributed by atoms with Crippen molar-refractivity contribution in [1.82, 2.24) is 9.38 Å². The van der Waals surface area contributed by atoms with E-state index in [1.807, 2.05) is 80.9 Å². The third kappa shape index (κ3) is 3.11. The Morgan fingerprint density at radius 1 is 1.17 bits per heavy atom. The van der Waals surface area contributed by atoms with Gasteiger partial charge in [0.25, 0.3) is 0 Å². The van der Waals surface area contributed by atoms with Crippen molar-refractivity contribution >= 4 is 17.2 Å². The zero-order chi connectivity index (χ0) is 16.6. The molecular formula is C19H21N3O. The summed E-state index contributed by atoms with van der Waals surface area (Å²) in [5, 5.41) is 2.96. The molecule has 1 N–H and O–H groups in total. The number of benzene rings is 1. The lowest BCUT2D eigenvalue weighted by Gasteiger charge is -2.17. The van der Waals surface area contributed by atoms with E-state index in [0.717, 1.165) is 28.2 Å². The first kappa shape index (κ1) is 15.3. The van der Waals surface area contributed by atoms with Crippen LogP contribution in [0.3, 0.4) is 0 Å². The quantitative estimate of drug-likeness (QED) is 0.767. The van der Waals surface area contributed by atoms with E-state index in [-0.39, 0.29) is 5.91 Å². The van der Waals surface area contributed by atoms with E-state index in [4.69, 9.17) is 4.98 Å². The van der Waals surface area contributed by atoms with Crippen LogP contribution in [0.25, 0.3) is 16.9 Å². The number of imidazole rings is 1. The number of carbonyl (C=O) groups is 1. The first-order chi connectivity index (χ1) is 10.8. The van der Waals surface area contributed by atoms with Gasteiger partial charge in [0, 0.05) is 29.1 Å². The third-order valence-corrected chi connectivity index (χ3v) is 3.78. The molecular weight excluding hydrogens is 286 g/mol. The number of carbonyl (C=O) groups excluding carboxylic acids is 1. The van der Waals surface area contributed by atoms with Gasteiger partial charge in [-0.2, -0.15) is 0 Å². The second kappa shape index (κ2) is 5.54. The fourth-order valence-electron chi connectivity index (χ4n) is 2.37. The van der Waals surface area contributed by atoms with Gasteiger partial charge in [-0.25, -0.2) is 4.98 Å². The van der Waals surface area contributed by atoms with Crippen molar-refractivity contribution in [3.05, 3.63) is 54.4 Å². The second-order valence-corrected chi connectivity index (χ2v) is 6.83. The largest absolute Gasteiger partial charge is 0.326 e. The second-order valence-electron chi connectivity index (χ2n) is 6.83. The summed E-state index contributed by atoms with van der Waals surface area (Å²) in [5.74, 6) is 0.000459. The molecule has 0 bridgehead atoms. The highest BCUT2D eigenvalue weighted by Gasteiger charge is 2.21. The fourth-order valence-corrected chi connectivity index (χ4v) is 2.37. The molecule has 0 saturated carbocycles. The van der Waals surface area contributed by atoms with Crippen LogP contribution in [-0.4, -0.2) is 15.3 Å². The Bertz CT molecular complexity index is 872. The van der Waals surface area contributed by atoms with Gasteiger partial charge >= 0.3 is 0 Å². The number of hydrogen-bond acceptors (Lipinski definition) is 2. The molecule has 0 unspecified atom stereocenters. The van der Waals surface area contributed by atoms with Crippen LogP contribution >= 0.6 is 0 Å². The van der Waals surface area contributed by atoms with E-state index >= 15 is 0 Å². The number of nitrogens with one attached hydrogen (secondary N) is 1. The van der Waals surface area contributed by atoms with Gasteiger partial charge in [-0.05, 0) is 30.7 Å². The van der Waals surface area contributed by atoms with Gasteiger partial charge in [0.15, 0.2) is 0 Å². The van der Waals surface area contributed by atoms with Crippen LogP contribution in [0.1, 0.15) is 26.3 Å². The highest BCUT2D eigenvalue weighted by atomic mass is 16.2. The number of aryl methyl sites for hydroxylation is 1. The number of amides is 1. The summed E-state index contributed by atoms with van der Waals surface area (Å²) < 4.78 is 2.02. The summed E-state index contributed by atoms with van der Waals surface area (Å²) in [6.45, 7) is 7.75. The molecule has 0 aliphatic heterocycles. The molecule has 23 heavy (non-hydrogen) atoms. The minimum Gasteiger partial charge on any atom is -0.326 e. The summed E-state index contributed by atoms with van der Waals surface area (Å²) >= 11 is 0. The Kier molecular flexibility index (Phi) is 3.68. The molecule has 0 atom stereocenters. The van der Waals surface area contributed by atoms with Crippen molar-refractivity contribution < 1.29 is 4.79 Å². The molecule has 4 nitrogen and oxygen atoms in total. The monoisotopic (exact) mass is 307 g/mol. The molecule has 3 aromatic rings. The molecule has 1 aromatic carbocycles. The number of aromatic nitrogens is 2. The van der Waals surface area contributed by atoms with E-state index in [2.05, 4.69) is 5.32 Å². The van der Waals surface area contributed by atoms with Crippen LogP contribution in [0.5, 0.6) is 0 Å². The Morgan fingerprint density at radius 2 is 1.96 bits per heavy atom. The molecule has 0 saturated heterocycles. The molecule has 3 rings (SSSR count). The Balaban J connectivity index is 1.95. The molecule has 0 radical (unpaired) electrons. The first-order valence-electron chi connectivity index (χ1n) is 7.71. The summed E-state index contributed by atoms with van der Waals surface area (Å²) in [6.07, 6.45) is 4.00. The summed E-state index contributed by atoms with van der Waals surface area (Å²) in [7, 11) is 0. The van der Waals surface area contributed by atoms with E-state index in [1.165, 1.54) is 0 Å². The lowest BCUT2D eigenvalue weighted by Crippen LogP contribution is -2.27. The fraction of sp³-hybridized carbons (Fsp3) is 0.263.